The van der Waals surface area contributed by atoms with Crippen LogP contribution in [-0.2, 0) is 9.53 Å². The molecule has 0 unspecified atom stereocenters. The first-order chi connectivity index (χ1) is 13.2. The van der Waals surface area contributed by atoms with E-state index in [9.17, 15) is 14.7 Å². The molecule has 0 radical (unpaired) electrons. The van der Waals surface area contributed by atoms with Crippen LogP contribution in [-0.4, -0.2) is 46.9 Å². The lowest BCUT2D eigenvalue weighted by molar-refractivity contribution is -0.144. The first-order valence-electron chi connectivity index (χ1n) is 10.1. The summed E-state index contributed by atoms with van der Waals surface area (Å²) in [6, 6.07) is 6.03. The summed E-state index contributed by atoms with van der Waals surface area (Å²) in [5.41, 5.74) is -0.275. The molecule has 1 saturated carbocycles. The summed E-state index contributed by atoms with van der Waals surface area (Å²) >= 11 is 0. The van der Waals surface area contributed by atoms with Crippen molar-refractivity contribution >= 4 is 11.9 Å². The van der Waals surface area contributed by atoms with E-state index < -0.39 is 17.7 Å². The Balaban J connectivity index is 1.93. The molecule has 1 aromatic rings. The summed E-state index contributed by atoms with van der Waals surface area (Å²) < 4.78 is 11.7. The van der Waals surface area contributed by atoms with Crippen molar-refractivity contribution in [2.75, 3.05) is 13.2 Å². The van der Waals surface area contributed by atoms with E-state index >= 15 is 0 Å². The maximum Gasteiger partial charge on any atom is 0.328 e. The van der Waals surface area contributed by atoms with Crippen molar-refractivity contribution in [3.8, 4) is 5.75 Å². The van der Waals surface area contributed by atoms with Gasteiger partial charge in [0.2, 0.25) is 0 Å². The lowest BCUT2D eigenvalue weighted by atomic mass is 9.70. The number of hydrogen-bond donors (Lipinski definition) is 1. The maximum atomic E-state index is 13.5. The Bertz CT molecular complexity index is 731. The molecule has 0 aromatic heterocycles. The zero-order chi connectivity index (χ0) is 20.5. The van der Waals surface area contributed by atoms with Crippen molar-refractivity contribution in [2.24, 2.45) is 11.3 Å². The van der Waals surface area contributed by atoms with Gasteiger partial charge in [-0.3, -0.25) is 9.69 Å². The van der Waals surface area contributed by atoms with Gasteiger partial charge in [-0.15, -0.1) is 0 Å². The van der Waals surface area contributed by atoms with Crippen LogP contribution in [0.15, 0.2) is 24.3 Å². The Kier molecular flexibility index (Phi) is 5.71. The molecule has 1 atom stereocenters. The lowest BCUT2D eigenvalue weighted by Gasteiger charge is -2.46. The number of aliphatic carboxylic acids is 1. The number of carboxylic acids is 1. The molecule has 1 amide bonds. The number of amides is 1. The fraction of sp³-hybridized carbons (Fsp3) is 0.636. The summed E-state index contributed by atoms with van der Waals surface area (Å²) in [7, 11) is 0. The zero-order valence-corrected chi connectivity index (χ0v) is 17.2. The molecule has 1 aliphatic carbocycles. The highest BCUT2D eigenvalue weighted by atomic mass is 16.5. The number of rotatable bonds is 4. The van der Waals surface area contributed by atoms with Crippen molar-refractivity contribution in [3.05, 3.63) is 29.8 Å². The third-order valence-corrected chi connectivity index (χ3v) is 6.17. The van der Waals surface area contributed by atoms with Gasteiger partial charge in [0.15, 0.2) is 6.04 Å². The molecule has 1 heterocycles. The second-order valence-electron chi connectivity index (χ2n) is 8.86. The van der Waals surface area contributed by atoms with Crippen LogP contribution in [0.1, 0.15) is 63.7 Å². The molecule has 154 valence electrons. The van der Waals surface area contributed by atoms with Gasteiger partial charge < -0.3 is 14.6 Å². The summed E-state index contributed by atoms with van der Waals surface area (Å²) in [5.74, 6) is -0.358. The van der Waals surface area contributed by atoms with Crippen LogP contribution >= 0.6 is 0 Å². The summed E-state index contributed by atoms with van der Waals surface area (Å²) in [4.78, 5) is 26.9. The minimum absolute atomic E-state index is 0.0259. The number of ether oxygens (including phenoxy) is 2. The summed E-state index contributed by atoms with van der Waals surface area (Å²) in [5, 5.41) is 9.74. The molecular weight excluding hydrogens is 358 g/mol. The summed E-state index contributed by atoms with van der Waals surface area (Å²) in [6.45, 7) is 9.00. The van der Waals surface area contributed by atoms with Crippen LogP contribution in [0.2, 0.25) is 0 Å². The van der Waals surface area contributed by atoms with E-state index in [2.05, 4.69) is 20.8 Å². The third kappa shape index (κ3) is 3.75. The molecule has 1 saturated heterocycles. The Labute approximate surface area is 166 Å². The zero-order valence-electron chi connectivity index (χ0n) is 17.2. The predicted octanol–water partition coefficient (Wildman–Crippen LogP) is 3.94. The fourth-order valence-corrected chi connectivity index (χ4v) is 4.55. The van der Waals surface area contributed by atoms with Gasteiger partial charge in [0.1, 0.15) is 11.5 Å². The predicted molar refractivity (Wildman–Crippen MR) is 105 cm³/mol. The molecule has 1 N–H and O–H groups in total. The third-order valence-electron chi connectivity index (χ3n) is 6.17. The molecule has 1 aliphatic heterocycles. The second kappa shape index (κ2) is 7.74. The van der Waals surface area contributed by atoms with E-state index in [1.165, 1.54) is 4.90 Å². The standard InChI is InChI=1S/C22H31NO5/c1-5-27-18-9-7-6-8-16(18)19(24)23-17(20(25)26)14-28-22(23)12-10-15(11-13-22)21(2,3)4/h6-9,15,17H,5,10-14H2,1-4H3,(H,25,26)/t15?,17-,22?/m1/s1. The smallest absolute Gasteiger partial charge is 0.328 e. The SMILES string of the molecule is CCOc1ccccc1C(=O)N1[C@@H](C(=O)O)COC12CCC(C(C)(C)C)CC2. The van der Waals surface area contributed by atoms with E-state index in [0.717, 1.165) is 12.8 Å². The van der Waals surface area contributed by atoms with Crippen LogP contribution in [0.25, 0.3) is 0 Å². The average Bonchev–Trinajstić information content (AvgIpc) is 3.00. The minimum Gasteiger partial charge on any atom is -0.493 e. The van der Waals surface area contributed by atoms with Crippen LogP contribution in [0, 0.1) is 11.3 Å². The number of para-hydroxylation sites is 1. The topological polar surface area (TPSA) is 76.1 Å². The Hall–Kier alpha value is -2.08. The van der Waals surface area contributed by atoms with Crippen LogP contribution < -0.4 is 4.74 Å². The highest BCUT2D eigenvalue weighted by Gasteiger charge is 2.55. The van der Waals surface area contributed by atoms with Gasteiger partial charge >= 0.3 is 5.97 Å². The van der Waals surface area contributed by atoms with Crippen molar-refractivity contribution < 1.29 is 24.2 Å². The highest BCUT2D eigenvalue weighted by Crippen LogP contribution is 2.47. The van der Waals surface area contributed by atoms with Gasteiger partial charge in [0.05, 0.1) is 18.8 Å². The largest absolute Gasteiger partial charge is 0.493 e. The summed E-state index contributed by atoms with van der Waals surface area (Å²) in [6.07, 6.45) is 3.13. The Morgan fingerprint density at radius 2 is 1.89 bits per heavy atom. The molecule has 6 heteroatoms. The minimum atomic E-state index is -1.03. The van der Waals surface area contributed by atoms with Gasteiger partial charge in [0.25, 0.3) is 5.91 Å². The number of nitrogens with zero attached hydrogens (tertiary/aromatic N) is 1. The van der Waals surface area contributed by atoms with Crippen LogP contribution in [0.3, 0.4) is 0 Å². The Morgan fingerprint density at radius 3 is 2.46 bits per heavy atom. The molecule has 0 bridgehead atoms. The quantitative estimate of drug-likeness (QED) is 0.844. The normalized spacial score (nSPS) is 27.8. The van der Waals surface area contributed by atoms with Crippen molar-refractivity contribution in [3.63, 3.8) is 0 Å². The van der Waals surface area contributed by atoms with Crippen LogP contribution in [0.4, 0.5) is 0 Å². The monoisotopic (exact) mass is 389 g/mol. The molecule has 28 heavy (non-hydrogen) atoms. The van der Waals surface area contributed by atoms with Gasteiger partial charge in [-0.1, -0.05) is 32.9 Å². The van der Waals surface area contributed by atoms with E-state index in [-0.39, 0.29) is 17.9 Å². The van der Waals surface area contributed by atoms with Gasteiger partial charge in [-0.2, -0.15) is 0 Å². The van der Waals surface area contributed by atoms with E-state index in [1.807, 2.05) is 6.92 Å². The van der Waals surface area contributed by atoms with Crippen molar-refractivity contribution in [2.45, 2.75) is 65.1 Å². The van der Waals surface area contributed by atoms with Crippen LogP contribution in [0.5, 0.6) is 5.75 Å². The second-order valence-corrected chi connectivity index (χ2v) is 8.86. The average molecular weight is 389 g/mol. The van der Waals surface area contributed by atoms with Crippen molar-refractivity contribution in [1.29, 1.82) is 0 Å². The molecule has 3 rings (SSSR count). The van der Waals surface area contributed by atoms with E-state index in [4.69, 9.17) is 9.47 Å². The molecular formula is C22H31NO5. The van der Waals surface area contributed by atoms with E-state index in [0.29, 0.717) is 36.7 Å². The van der Waals surface area contributed by atoms with Gasteiger partial charge in [-0.05, 0) is 56.1 Å². The molecule has 1 aromatic carbocycles. The van der Waals surface area contributed by atoms with E-state index in [1.54, 1.807) is 24.3 Å². The number of benzene rings is 1. The van der Waals surface area contributed by atoms with Crippen molar-refractivity contribution in [1.82, 2.24) is 4.90 Å². The Morgan fingerprint density at radius 1 is 1.25 bits per heavy atom. The highest BCUT2D eigenvalue weighted by molar-refractivity contribution is 5.99. The number of carbonyl (C=O) groups is 2. The number of carbonyl (C=O) groups excluding carboxylic acids is 1. The molecule has 2 aliphatic rings. The number of hydrogen-bond acceptors (Lipinski definition) is 4. The van der Waals surface area contributed by atoms with Gasteiger partial charge in [0, 0.05) is 0 Å². The van der Waals surface area contributed by atoms with Gasteiger partial charge in [-0.25, -0.2) is 4.79 Å². The first kappa shape index (κ1) is 20.6. The molecule has 6 nitrogen and oxygen atoms in total. The fourth-order valence-electron chi connectivity index (χ4n) is 4.55. The number of carboxylic acid groups (broad SMARTS) is 1. The molecule has 1 spiro atoms. The maximum absolute atomic E-state index is 13.5. The lowest BCUT2D eigenvalue weighted by Crippen LogP contribution is -2.55. The molecule has 2 fully saturated rings. The first-order valence-corrected chi connectivity index (χ1v) is 10.1.